The molecular weight excluding hydrogens is 278 g/mol. The van der Waals surface area contributed by atoms with Crippen molar-refractivity contribution in [3.63, 3.8) is 0 Å². The molecular formula is C9H10BrN3O3. The number of carboxylic acids is 1. The monoisotopic (exact) mass is 287 g/mol. The van der Waals surface area contributed by atoms with Gasteiger partial charge in [0.25, 0.3) is 0 Å². The fraction of sp³-hybridized carbons (Fsp3) is 0. The second-order valence-corrected chi connectivity index (χ2v) is 3.59. The summed E-state index contributed by atoms with van der Waals surface area (Å²) in [6.45, 7) is 0. The van der Waals surface area contributed by atoms with Crippen molar-refractivity contribution in [1.82, 2.24) is 16.1 Å². The van der Waals surface area contributed by atoms with Gasteiger partial charge in [0.1, 0.15) is 6.33 Å². The molecule has 86 valence electrons. The lowest BCUT2D eigenvalue weighted by Crippen LogP contribution is -2.23. The molecule has 0 spiro atoms. The van der Waals surface area contributed by atoms with Gasteiger partial charge in [0.15, 0.2) is 0 Å². The van der Waals surface area contributed by atoms with Crippen molar-refractivity contribution >= 4 is 32.8 Å². The lowest BCUT2D eigenvalue weighted by molar-refractivity contribution is -0.255. The van der Waals surface area contributed by atoms with Crippen molar-refractivity contribution in [2.45, 2.75) is 0 Å². The Labute approximate surface area is 99.4 Å². The first-order valence-corrected chi connectivity index (χ1v) is 4.59. The Bertz CT molecular complexity index is 518. The number of rotatable bonds is 1. The molecule has 0 atom stereocenters. The van der Waals surface area contributed by atoms with E-state index in [9.17, 15) is 9.90 Å². The highest BCUT2D eigenvalue weighted by Gasteiger charge is 2.04. The van der Waals surface area contributed by atoms with Gasteiger partial charge in [-0.25, -0.2) is 9.97 Å². The highest BCUT2D eigenvalue weighted by atomic mass is 79.9. The molecule has 1 heterocycles. The van der Waals surface area contributed by atoms with Crippen LogP contribution in [-0.2, 0) is 0 Å². The topological polar surface area (TPSA) is 134 Å². The predicted molar refractivity (Wildman–Crippen MR) is 61.2 cm³/mol. The zero-order valence-corrected chi connectivity index (χ0v) is 9.98. The van der Waals surface area contributed by atoms with E-state index in [-0.39, 0.29) is 17.3 Å². The Kier molecular flexibility index (Phi) is 4.96. The summed E-state index contributed by atoms with van der Waals surface area (Å²) >= 11 is 3.25. The lowest BCUT2D eigenvalue weighted by atomic mass is 10.2. The fourth-order valence-electron chi connectivity index (χ4n) is 1.19. The van der Waals surface area contributed by atoms with Gasteiger partial charge in [-0.2, -0.15) is 0 Å². The molecule has 0 amide bonds. The smallest absolute Gasteiger partial charge is 0.116 e. The van der Waals surface area contributed by atoms with E-state index >= 15 is 0 Å². The molecule has 0 radical (unpaired) electrons. The van der Waals surface area contributed by atoms with Gasteiger partial charge in [-0.1, -0.05) is 15.9 Å². The fourth-order valence-corrected chi connectivity index (χ4v) is 1.55. The van der Waals surface area contributed by atoms with E-state index < -0.39 is 5.97 Å². The van der Waals surface area contributed by atoms with Crippen molar-refractivity contribution in [2.75, 3.05) is 0 Å². The summed E-state index contributed by atoms with van der Waals surface area (Å²) in [4.78, 5) is 18.3. The van der Waals surface area contributed by atoms with E-state index in [2.05, 4.69) is 25.9 Å². The van der Waals surface area contributed by atoms with Crippen LogP contribution >= 0.6 is 15.9 Å². The highest BCUT2D eigenvalue weighted by Crippen LogP contribution is 2.19. The highest BCUT2D eigenvalue weighted by molar-refractivity contribution is 9.10. The van der Waals surface area contributed by atoms with Crippen LogP contribution in [0.2, 0.25) is 0 Å². The number of aromatic carboxylic acids is 1. The minimum Gasteiger partial charge on any atom is -0.543 e. The molecule has 2 aromatic rings. The maximum Gasteiger partial charge on any atom is 0.116 e. The molecule has 0 aliphatic carbocycles. The minimum absolute atomic E-state index is 0. The van der Waals surface area contributed by atoms with Crippen LogP contribution < -0.4 is 11.3 Å². The van der Waals surface area contributed by atoms with E-state index in [0.29, 0.717) is 10.9 Å². The number of quaternary nitrogens is 1. The van der Waals surface area contributed by atoms with Crippen molar-refractivity contribution in [1.29, 1.82) is 0 Å². The summed E-state index contributed by atoms with van der Waals surface area (Å²) in [5.74, 6) is -1.30. The van der Waals surface area contributed by atoms with E-state index in [4.69, 9.17) is 0 Å². The van der Waals surface area contributed by atoms with Gasteiger partial charge in [-0.15, -0.1) is 0 Å². The van der Waals surface area contributed by atoms with E-state index in [1.165, 1.54) is 6.33 Å². The van der Waals surface area contributed by atoms with Crippen LogP contribution in [0.4, 0.5) is 0 Å². The quantitative estimate of drug-likeness (QED) is 0.807. The predicted octanol–water partition coefficient (Wildman–Crippen LogP) is 0.307. The summed E-state index contributed by atoms with van der Waals surface area (Å²) in [6.07, 6.45) is 1.21. The van der Waals surface area contributed by atoms with Gasteiger partial charge < -0.3 is 21.5 Å². The average Bonchev–Trinajstić information content (AvgIpc) is 2.16. The molecule has 0 saturated carbocycles. The molecule has 0 unspecified atom stereocenters. The number of nitrogens with zero attached hydrogens (tertiary/aromatic N) is 2. The number of carboxylic acid groups (broad SMARTS) is 1. The van der Waals surface area contributed by atoms with Crippen LogP contribution in [0.5, 0.6) is 0 Å². The summed E-state index contributed by atoms with van der Waals surface area (Å²) in [6, 6.07) is 5.16. The number of benzene rings is 1. The Hall–Kier alpha value is -1.57. The number of fused-ring (bicyclic) bond motifs is 1. The van der Waals surface area contributed by atoms with Crippen LogP contribution in [0.25, 0.3) is 10.9 Å². The molecule has 7 heteroatoms. The molecule has 6 nitrogen and oxygen atoms in total. The summed E-state index contributed by atoms with van der Waals surface area (Å²) < 4.78 is 0.780. The van der Waals surface area contributed by atoms with Crippen LogP contribution in [0.3, 0.4) is 0 Å². The van der Waals surface area contributed by atoms with Gasteiger partial charge in [0.05, 0.1) is 17.2 Å². The molecule has 2 rings (SSSR count). The molecule has 0 saturated heterocycles. The number of halogens is 1. The Morgan fingerprint density at radius 3 is 2.62 bits per heavy atom. The second kappa shape index (κ2) is 5.50. The molecule has 0 fully saturated rings. The number of aromatic nitrogens is 2. The van der Waals surface area contributed by atoms with Crippen LogP contribution in [-0.4, -0.2) is 21.4 Å². The Morgan fingerprint density at radius 1 is 1.31 bits per heavy atom. The molecule has 6 N–H and O–H groups in total. The van der Waals surface area contributed by atoms with E-state index in [0.717, 1.165) is 4.47 Å². The molecule has 0 bridgehead atoms. The molecule has 1 aromatic heterocycles. The van der Waals surface area contributed by atoms with Crippen LogP contribution in [0.1, 0.15) is 10.5 Å². The van der Waals surface area contributed by atoms with E-state index in [1.54, 1.807) is 18.2 Å². The number of carbonyl (C=O) groups is 1. The third-order valence-corrected chi connectivity index (χ3v) is 2.28. The maximum atomic E-state index is 10.7. The van der Waals surface area contributed by atoms with Crippen LogP contribution in [0.15, 0.2) is 29.0 Å². The van der Waals surface area contributed by atoms with Crippen molar-refractivity contribution in [3.05, 3.63) is 34.7 Å². The number of hydrogen-bond acceptors (Lipinski definition) is 4. The minimum atomic E-state index is -1.30. The van der Waals surface area contributed by atoms with Crippen molar-refractivity contribution in [3.8, 4) is 0 Å². The lowest BCUT2D eigenvalue weighted by Gasteiger charge is -2.05. The molecule has 0 aliphatic rings. The zero-order chi connectivity index (χ0) is 10.1. The van der Waals surface area contributed by atoms with Gasteiger partial charge in [0.2, 0.25) is 0 Å². The molecule has 16 heavy (non-hydrogen) atoms. The zero-order valence-electron chi connectivity index (χ0n) is 8.40. The first-order chi connectivity index (χ1) is 6.68. The number of carbonyl (C=O) groups excluding carboxylic acids is 1. The molecule has 0 aliphatic heterocycles. The maximum absolute atomic E-state index is 10.7. The molecule has 1 aromatic carbocycles. The van der Waals surface area contributed by atoms with Crippen LogP contribution in [0, 0.1) is 0 Å². The average molecular weight is 288 g/mol. The number of hydrogen-bond donors (Lipinski definition) is 1. The summed E-state index contributed by atoms with van der Waals surface area (Å²) in [5.41, 5.74) is 0.499. The third-order valence-electron chi connectivity index (χ3n) is 1.79. The SMILES string of the molecule is O.O=C([O-])c1ncnc2ccc(Br)cc12.[NH4+]. The van der Waals surface area contributed by atoms with Gasteiger partial charge in [0, 0.05) is 9.86 Å². The first kappa shape index (κ1) is 14.4. The first-order valence-electron chi connectivity index (χ1n) is 3.80. The van der Waals surface area contributed by atoms with Crippen molar-refractivity contribution in [2.24, 2.45) is 0 Å². The largest absolute Gasteiger partial charge is 0.543 e. The Balaban J connectivity index is 0.00000112. The summed E-state index contributed by atoms with van der Waals surface area (Å²) in [7, 11) is 0. The van der Waals surface area contributed by atoms with Gasteiger partial charge >= 0.3 is 0 Å². The second-order valence-electron chi connectivity index (χ2n) is 2.67. The Morgan fingerprint density at radius 2 is 2.00 bits per heavy atom. The summed E-state index contributed by atoms with van der Waals surface area (Å²) in [5, 5.41) is 11.2. The van der Waals surface area contributed by atoms with Gasteiger partial charge in [-0.3, -0.25) is 0 Å². The van der Waals surface area contributed by atoms with Gasteiger partial charge in [-0.05, 0) is 18.2 Å². The third kappa shape index (κ3) is 2.51. The van der Waals surface area contributed by atoms with Crippen molar-refractivity contribution < 1.29 is 15.4 Å². The van der Waals surface area contributed by atoms with E-state index in [1.807, 2.05) is 0 Å². The standard InChI is InChI=1S/C9H5BrN2O2.H3N.H2O/c10-5-1-2-7-6(3-5)8(9(13)14)12-4-11-7;;/h1-4H,(H,13,14);1H3;1H2. The normalized spacial score (nSPS) is 9.06.